The molecule has 4 heteroatoms. The first kappa shape index (κ1) is 14.3. The summed E-state index contributed by atoms with van der Waals surface area (Å²) in [4.78, 5) is 14.4. The summed E-state index contributed by atoms with van der Waals surface area (Å²) in [6.07, 6.45) is 6.47. The zero-order valence-corrected chi connectivity index (χ0v) is 12.1. The third-order valence-electron chi connectivity index (χ3n) is 4.80. The van der Waals surface area contributed by atoms with Crippen LogP contribution in [0.25, 0.3) is 0 Å². The van der Waals surface area contributed by atoms with Crippen LogP contribution >= 0.6 is 0 Å². The van der Waals surface area contributed by atoms with E-state index in [0.717, 1.165) is 38.8 Å². The summed E-state index contributed by atoms with van der Waals surface area (Å²) in [5.74, 6) is 0.160. The van der Waals surface area contributed by atoms with Crippen molar-refractivity contribution >= 4 is 5.91 Å². The van der Waals surface area contributed by atoms with E-state index in [1.54, 1.807) is 0 Å². The summed E-state index contributed by atoms with van der Waals surface area (Å²) in [6.45, 7) is 5.71. The Bertz CT molecular complexity index is 360. The first-order valence-electron chi connectivity index (χ1n) is 7.50. The van der Waals surface area contributed by atoms with Gasteiger partial charge in [0.1, 0.15) is 0 Å². The minimum absolute atomic E-state index is 0.0659. The van der Waals surface area contributed by atoms with Crippen LogP contribution in [-0.4, -0.2) is 36.0 Å². The predicted molar refractivity (Wildman–Crippen MR) is 74.4 cm³/mol. The lowest BCUT2D eigenvalue weighted by Gasteiger charge is -2.38. The summed E-state index contributed by atoms with van der Waals surface area (Å²) in [5, 5.41) is 12.3. The summed E-state index contributed by atoms with van der Waals surface area (Å²) in [6, 6.07) is 2.73. The van der Waals surface area contributed by atoms with Gasteiger partial charge in [-0.1, -0.05) is 12.8 Å². The van der Waals surface area contributed by atoms with Gasteiger partial charge in [-0.15, -0.1) is 0 Å². The zero-order valence-electron chi connectivity index (χ0n) is 12.1. The number of likely N-dealkylation sites (tertiary alicyclic amines) is 1. The molecule has 2 rings (SSSR count). The van der Waals surface area contributed by atoms with Crippen LogP contribution in [0.5, 0.6) is 0 Å². The lowest BCUT2D eigenvalue weighted by Crippen LogP contribution is -2.51. The third-order valence-corrected chi connectivity index (χ3v) is 4.80. The van der Waals surface area contributed by atoms with E-state index >= 15 is 0 Å². The highest BCUT2D eigenvalue weighted by atomic mass is 16.2. The van der Waals surface area contributed by atoms with Crippen LogP contribution in [-0.2, 0) is 4.79 Å². The second-order valence-corrected chi connectivity index (χ2v) is 6.37. The monoisotopic (exact) mass is 263 g/mol. The number of rotatable bonds is 3. The van der Waals surface area contributed by atoms with Gasteiger partial charge in [0.05, 0.1) is 17.5 Å². The average Bonchev–Trinajstić information content (AvgIpc) is 2.91. The van der Waals surface area contributed by atoms with Crippen molar-refractivity contribution in [1.29, 1.82) is 5.26 Å². The van der Waals surface area contributed by atoms with Crippen molar-refractivity contribution in [2.45, 2.75) is 64.5 Å². The minimum Gasteiger partial charge on any atom is -0.352 e. The number of nitrogens with zero attached hydrogens (tertiary/aromatic N) is 2. The highest BCUT2D eigenvalue weighted by molar-refractivity contribution is 5.81. The fourth-order valence-corrected chi connectivity index (χ4v) is 3.07. The quantitative estimate of drug-likeness (QED) is 0.848. The molecule has 1 aliphatic heterocycles. The molecule has 1 unspecified atom stereocenters. The van der Waals surface area contributed by atoms with E-state index in [4.69, 9.17) is 5.26 Å². The van der Waals surface area contributed by atoms with Gasteiger partial charge in [0, 0.05) is 19.1 Å². The van der Waals surface area contributed by atoms with Crippen molar-refractivity contribution in [1.82, 2.24) is 10.2 Å². The molecular weight excluding hydrogens is 238 g/mol. The molecule has 1 N–H and O–H groups in total. The van der Waals surface area contributed by atoms with Gasteiger partial charge in [0.15, 0.2) is 0 Å². The molecule has 0 aromatic heterocycles. The van der Waals surface area contributed by atoms with Gasteiger partial charge in [-0.2, -0.15) is 5.26 Å². The van der Waals surface area contributed by atoms with Crippen molar-refractivity contribution in [3.05, 3.63) is 0 Å². The molecule has 1 heterocycles. The largest absolute Gasteiger partial charge is 0.352 e. The van der Waals surface area contributed by atoms with Crippen LogP contribution in [0.2, 0.25) is 0 Å². The fraction of sp³-hybridized carbons (Fsp3) is 0.867. The first-order chi connectivity index (χ1) is 9.04. The van der Waals surface area contributed by atoms with Crippen molar-refractivity contribution < 1.29 is 4.79 Å². The molecule has 1 saturated heterocycles. The number of amides is 1. The number of piperidine rings is 1. The lowest BCUT2D eigenvalue weighted by molar-refractivity contribution is -0.127. The van der Waals surface area contributed by atoms with Gasteiger partial charge in [0.25, 0.3) is 0 Å². The molecule has 1 atom stereocenters. The maximum Gasteiger partial charge on any atom is 0.237 e. The Kier molecular flexibility index (Phi) is 4.46. The Morgan fingerprint density at radius 3 is 2.47 bits per heavy atom. The van der Waals surface area contributed by atoms with Crippen molar-refractivity contribution in [2.75, 3.05) is 13.1 Å². The van der Waals surface area contributed by atoms with Crippen LogP contribution in [0.1, 0.15) is 52.4 Å². The summed E-state index contributed by atoms with van der Waals surface area (Å²) in [7, 11) is 0. The topological polar surface area (TPSA) is 56.1 Å². The molecule has 4 nitrogen and oxygen atoms in total. The molecule has 19 heavy (non-hydrogen) atoms. The van der Waals surface area contributed by atoms with Crippen LogP contribution in [0.3, 0.4) is 0 Å². The van der Waals surface area contributed by atoms with Crippen LogP contribution in [0, 0.1) is 16.7 Å². The molecule has 1 aliphatic carbocycles. The third kappa shape index (κ3) is 3.48. The molecule has 2 aliphatic rings. The zero-order chi connectivity index (χ0) is 13.9. The average molecular weight is 263 g/mol. The van der Waals surface area contributed by atoms with Gasteiger partial charge >= 0.3 is 0 Å². The van der Waals surface area contributed by atoms with Gasteiger partial charge in [0.2, 0.25) is 5.91 Å². The van der Waals surface area contributed by atoms with E-state index in [2.05, 4.69) is 16.3 Å². The van der Waals surface area contributed by atoms with Gasteiger partial charge < -0.3 is 5.32 Å². The Balaban J connectivity index is 1.81. The van der Waals surface area contributed by atoms with Crippen molar-refractivity contribution in [2.24, 2.45) is 5.41 Å². The molecule has 106 valence electrons. The molecule has 0 radical (unpaired) electrons. The van der Waals surface area contributed by atoms with Crippen LogP contribution in [0.15, 0.2) is 0 Å². The first-order valence-corrected chi connectivity index (χ1v) is 7.50. The molecule has 0 spiro atoms. The predicted octanol–water partition coefficient (Wildman–Crippen LogP) is 2.06. The minimum atomic E-state index is -0.196. The number of nitriles is 1. The van der Waals surface area contributed by atoms with Crippen LogP contribution < -0.4 is 5.32 Å². The lowest BCUT2D eigenvalue weighted by atomic mass is 9.81. The standard InChI is InChI=1S/C15H25N3O/c1-12(14(19)17-13-5-3-4-6-13)18-9-7-15(2,11-16)8-10-18/h12-13H,3-10H2,1-2H3,(H,17,19). The highest BCUT2D eigenvalue weighted by Crippen LogP contribution is 2.30. The SMILES string of the molecule is CC(C(=O)NC1CCCC1)N1CCC(C)(C#N)CC1. The fourth-order valence-electron chi connectivity index (χ4n) is 3.07. The highest BCUT2D eigenvalue weighted by Gasteiger charge is 2.33. The summed E-state index contributed by atoms with van der Waals surface area (Å²) >= 11 is 0. The van der Waals surface area contributed by atoms with E-state index in [-0.39, 0.29) is 17.4 Å². The van der Waals surface area contributed by atoms with E-state index in [0.29, 0.717) is 6.04 Å². The van der Waals surface area contributed by atoms with E-state index in [1.807, 2.05) is 13.8 Å². The second-order valence-electron chi connectivity index (χ2n) is 6.37. The Labute approximate surface area is 116 Å². The molecule has 1 amide bonds. The van der Waals surface area contributed by atoms with E-state index in [9.17, 15) is 4.79 Å². The normalized spacial score (nSPS) is 25.7. The van der Waals surface area contributed by atoms with Crippen molar-refractivity contribution in [3.63, 3.8) is 0 Å². The molecular formula is C15H25N3O. The maximum atomic E-state index is 12.2. The Morgan fingerprint density at radius 2 is 1.95 bits per heavy atom. The molecule has 0 aromatic carbocycles. The van der Waals surface area contributed by atoms with Gasteiger partial charge in [-0.25, -0.2) is 0 Å². The number of carbonyl (C=O) groups excluding carboxylic acids is 1. The number of hydrogen-bond donors (Lipinski definition) is 1. The van der Waals surface area contributed by atoms with E-state index < -0.39 is 0 Å². The second kappa shape index (κ2) is 5.92. The smallest absolute Gasteiger partial charge is 0.237 e. The Morgan fingerprint density at radius 1 is 1.37 bits per heavy atom. The van der Waals surface area contributed by atoms with Gasteiger partial charge in [-0.3, -0.25) is 9.69 Å². The maximum absolute atomic E-state index is 12.2. The number of hydrogen-bond acceptors (Lipinski definition) is 3. The number of carbonyl (C=O) groups is 1. The molecule has 2 fully saturated rings. The molecule has 0 bridgehead atoms. The Hall–Kier alpha value is -1.08. The van der Waals surface area contributed by atoms with Gasteiger partial charge in [-0.05, 0) is 39.5 Å². The molecule has 1 saturated carbocycles. The van der Waals surface area contributed by atoms with Crippen LogP contribution in [0.4, 0.5) is 0 Å². The van der Waals surface area contributed by atoms with Crippen molar-refractivity contribution in [3.8, 4) is 6.07 Å². The van der Waals surface area contributed by atoms with E-state index in [1.165, 1.54) is 12.8 Å². The summed E-state index contributed by atoms with van der Waals surface area (Å²) in [5.41, 5.74) is -0.196. The molecule has 0 aromatic rings. The number of nitrogens with one attached hydrogen (secondary N) is 1. The summed E-state index contributed by atoms with van der Waals surface area (Å²) < 4.78 is 0.